The van der Waals surface area contributed by atoms with Crippen molar-refractivity contribution in [2.24, 2.45) is 0 Å². The molecule has 0 unspecified atom stereocenters. The molecule has 1 amide bonds. The third-order valence-electron chi connectivity index (χ3n) is 4.68. The summed E-state index contributed by atoms with van der Waals surface area (Å²) < 4.78 is 37.4. The smallest absolute Gasteiger partial charge is 0.256 e. The summed E-state index contributed by atoms with van der Waals surface area (Å²) in [4.78, 5) is 16.3. The third kappa shape index (κ3) is 4.36. The molecule has 1 aliphatic heterocycles. The highest BCUT2D eigenvalue weighted by Gasteiger charge is 2.24. The van der Waals surface area contributed by atoms with Gasteiger partial charge in [-0.05, 0) is 29.8 Å². The van der Waals surface area contributed by atoms with Gasteiger partial charge in [0.25, 0.3) is 5.91 Å². The SMILES string of the molecule is COc1ccc(CN2CCN(C(=O)c3ccc(F)cc3F)CC2)cc1OC. The number of nitrogens with zero attached hydrogens (tertiary/aromatic N) is 2. The van der Waals surface area contributed by atoms with Gasteiger partial charge in [0.1, 0.15) is 11.6 Å². The summed E-state index contributed by atoms with van der Waals surface area (Å²) >= 11 is 0. The molecule has 0 bridgehead atoms. The maximum atomic E-state index is 13.8. The van der Waals surface area contributed by atoms with Gasteiger partial charge >= 0.3 is 0 Å². The number of hydrogen-bond donors (Lipinski definition) is 0. The van der Waals surface area contributed by atoms with Gasteiger partial charge in [-0.1, -0.05) is 6.07 Å². The number of carbonyl (C=O) groups is 1. The Morgan fingerprint density at radius 2 is 1.67 bits per heavy atom. The van der Waals surface area contributed by atoms with E-state index < -0.39 is 17.5 Å². The zero-order valence-corrected chi connectivity index (χ0v) is 15.4. The number of ether oxygens (including phenoxy) is 2. The summed E-state index contributed by atoms with van der Waals surface area (Å²) in [6, 6.07) is 8.81. The number of amides is 1. The van der Waals surface area contributed by atoms with Crippen LogP contribution in [0.4, 0.5) is 8.78 Å². The number of hydrogen-bond acceptors (Lipinski definition) is 4. The lowest BCUT2D eigenvalue weighted by atomic mass is 10.1. The van der Waals surface area contributed by atoms with E-state index >= 15 is 0 Å². The Balaban J connectivity index is 1.59. The van der Waals surface area contributed by atoms with Crippen molar-refractivity contribution in [3.8, 4) is 11.5 Å². The minimum Gasteiger partial charge on any atom is -0.493 e. The van der Waals surface area contributed by atoms with E-state index in [1.807, 2.05) is 18.2 Å². The average Bonchev–Trinajstić information content (AvgIpc) is 2.68. The Morgan fingerprint density at radius 1 is 0.963 bits per heavy atom. The van der Waals surface area contributed by atoms with Crippen molar-refractivity contribution in [2.75, 3.05) is 40.4 Å². The Bertz CT molecular complexity index is 821. The van der Waals surface area contributed by atoms with Crippen molar-refractivity contribution in [3.05, 3.63) is 59.2 Å². The molecule has 1 fully saturated rings. The fourth-order valence-electron chi connectivity index (χ4n) is 3.18. The molecule has 0 aromatic heterocycles. The molecule has 0 aliphatic carbocycles. The number of piperazine rings is 1. The van der Waals surface area contributed by atoms with Gasteiger partial charge in [-0.25, -0.2) is 8.78 Å². The van der Waals surface area contributed by atoms with Crippen molar-refractivity contribution >= 4 is 5.91 Å². The summed E-state index contributed by atoms with van der Waals surface area (Å²) in [6.45, 7) is 3.03. The molecule has 5 nitrogen and oxygen atoms in total. The van der Waals surface area contributed by atoms with Crippen LogP contribution in [0.3, 0.4) is 0 Å². The van der Waals surface area contributed by atoms with Gasteiger partial charge in [0.2, 0.25) is 0 Å². The highest BCUT2D eigenvalue weighted by molar-refractivity contribution is 5.94. The second-order valence-corrected chi connectivity index (χ2v) is 6.38. The van der Waals surface area contributed by atoms with E-state index in [-0.39, 0.29) is 5.56 Å². The van der Waals surface area contributed by atoms with Crippen LogP contribution in [0.15, 0.2) is 36.4 Å². The quantitative estimate of drug-likeness (QED) is 0.805. The van der Waals surface area contributed by atoms with Gasteiger partial charge in [-0.15, -0.1) is 0 Å². The van der Waals surface area contributed by atoms with Gasteiger partial charge in [0, 0.05) is 38.8 Å². The van der Waals surface area contributed by atoms with Gasteiger partial charge in [-0.3, -0.25) is 9.69 Å². The molecule has 0 saturated carbocycles. The lowest BCUT2D eigenvalue weighted by Crippen LogP contribution is -2.48. The lowest BCUT2D eigenvalue weighted by Gasteiger charge is -2.35. The molecule has 1 heterocycles. The van der Waals surface area contributed by atoms with E-state index in [9.17, 15) is 13.6 Å². The summed E-state index contributed by atoms with van der Waals surface area (Å²) in [7, 11) is 3.19. The Labute approximate surface area is 157 Å². The molecule has 27 heavy (non-hydrogen) atoms. The predicted molar refractivity (Wildman–Crippen MR) is 97.1 cm³/mol. The first-order valence-electron chi connectivity index (χ1n) is 8.69. The first-order valence-corrected chi connectivity index (χ1v) is 8.69. The molecule has 2 aromatic carbocycles. The Hall–Kier alpha value is -2.67. The highest BCUT2D eigenvalue weighted by Crippen LogP contribution is 2.28. The molecule has 144 valence electrons. The molecule has 1 aliphatic rings. The van der Waals surface area contributed by atoms with E-state index in [2.05, 4.69) is 4.90 Å². The van der Waals surface area contributed by atoms with Crippen LogP contribution in [-0.2, 0) is 6.54 Å². The molecule has 1 saturated heterocycles. The molecular weight excluding hydrogens is 354 g/mol. The van der Waals surface area contributed by atoms with Gasteiger partial charge in [-0.2, -0.15) is 0 Å². The van der Waals surface area contributed by atoms with Crippen LogP contribution in [0, 0.1) is 11.6 Å². The van der Waals surface area contributed by atoms with Crippen LogP contribution >= 0.6 is 0 Å². The number of halogens is 2. The lowest BCUT2D eigenvalue weighted by molar-refractivity contribution is 0.0624. The van der Waals surface area contributed by atoms with Gasteiger partial charge in [0.15, 0.2) is 11.5 Å². The molecule has 0 atom stereocenters. The minimum absolute atomic E-state index is 0.0928. The first-order chi connectivity index (χ1) is 13.0. The second kappa shape index (κ2) is 8.35. The number of rotatable bonds is 5. The van der Waals surface area contributed by atoms with E-state index in [0.717, 1.165) is 17.7 Å². The van der Waals surface area contributed by atoms with Crippen LogP contribution in [0.5, 0.6) is 11.5 Å². The standard InChI is InChI=1S/C20H22F2N2O3/c1-26-18-6-3-14(11-19(18)27-2)13-23-7-9-24(10-8-23)20(25)16-5-4-15(21)12-17(16)22/h3-6,11-12H,7-10,13H2,1-2H3. The summed E-state index contributed by atoms with van der Waals surface area (Å²) in [5.41, 5.74) is 0.988. The monoisotopic (exact) mass is 376 g/mol. The normalized spacial score (nSPS) is 14.9. The van der Waals surface area contributed by atoms with Gasteiger partial charge < -0.3 is 14.4 Å². The van der Waals surface area contributed by atoms with Crippen molar-refractivity contribution in [3.63, 3.8) is 0 Å². The van der Waals surface area contributed by atoms with Crippen molar-refractivity contribution in [1.82, 2.24) is 9.80 Å². The topological polar surface area (TPSA) is 42.0 Å². The van der Waals surface area contributed by atoms with Crippen LogP contribution in [0.25, 0.3) is 0 Å². The zero-order chi connectivity index (χ0) is 19.4. The van der Waals surface area contributed by atoms with E-state index in [4.69, 9.17) is 9.47 Å². The molecule has 0 N–H and O–H groups in total. The molecular formula is C20H22F2N2O3. The number of carbonyl (C=O) groups excluding carboxylic acids is 1. The van der Waals surface area contributed by atoms with Gasteiger partial charge in [0.05, 0.1) is 19.8 Å². The highest BCUT2D eigenvalue weighted by atomic mass is 19.1. The van der Waals surface area contributed by atoms with Crippen LogP contribution in [0.2, 0.25) is 0 Å². The molecule has 7 heteroatoms. The molecule has 3 rings (SSSR count). The third-order valence-corrected chi connectivity index (χ3v) is 4.68. The number of benzene rings is 2. The maximum Gasteiger partial charge on any atom is 0.256 e. The Kier molecular flexibility index (Phi) is 5.91. The molecule has 0 radical (unpaired) electrons. The largest absolute Gasteiger partial charge is 0.493 e. The molecule has 2 aromatic rings. The number of methoxy groups -OCH3 is 2. The fourth-order valence-corrected chi connectivity index (χ4v) is 3.18. The average molecular weight is 376 g/mol. The van der Waals surface area contributed by atoms with Crippen molar-refractivity contribution < 1.29 is 23.0 Å². The van der Waals surface area contributed by atoms with E-state index in [1.165, 1.54) is 6.07 Å². The second-order valence-electron chi connectivity index (χ2n) is 6.38. The summed E-state index contributed by atoms with van der Waals surface area (Å²) in [5, 5.41) is 0. The Morgan fingerprint density at radius 3 is 2.30 bits per heavy atom. The van der Waals surface area contributed by atoms with Crippen molar-refractivity contribution in [2.45, 2.75) is 6.54 Å². The first kappa shape index (κ1) is 19.1. The fraction of sp³-hybridized carbons (Fsp3) is 0.350. The minimum atomic E-state index is -0.826. The summed E-state index contributed by atoms with van der Waals surface area (Å²) in [5.74, 6) is -0.566. The maximum absolute atomic E-state index is 13.8. The predicted octanol–water partition coefficient (Wildman–Crippen LogP) is 2.94. The van der Waals surface area contributed by atoms with Crippen LogP contribution in [-0.4, -0.2) is 56.1 Å². The summed E-state index contributed by atoms with van der Waals surface area (Å²) in [6.07, 6.45) is 0. The van der Waals surface area contributed by atoms with Crippen LogP contribution in [0.1, 0.15) is 15.9 Å². The van der Waals surface area contributed by atoms with Crippen LogP contribution < -0.4 is 9.47 Å². The zero-order valence-electron chi connectivity index (χ0n) is 15.4. The molecule has 0 spiro atoms. The van der Waals surface area contributed by atoms with E-state index in [1.54, 1.807) is 19.1 Å². The van der Waals surface area contributed by atoms with E-state index in [0.29, 0.717) is 44.2 Å². The van der Waals surface area contributed by atoms with Crippen molar-refractivity contribution in [1.29, 1.82) is 0 Å².